The Morgan fingerprint density at radius 3 is 2.77 bits per heavy atom. The summed E-state index contributed by atoms with van der Waals surface area (Å²) in [5, 5.41) is 4.00. The lowest BCUT2D eigenvalue weighted by Crippen LogP contribution is -3.18. The SMILES string of the molecule is O=C(C[NH+]1CCC[C@H]2CCCC[C@@H]21)Nc1ccc(Cl)cc1Cl. The summed E-state index contributed by atoms with van der Waals surface area (Å²) < 4.78 is 0. The van der Waals surface area contributed by atoms with Crippen LogP contribution in [0.5, 0.6) is 0 Å². The molecule has 1 amide bonds. The van der Waals surface area contributed by atoms with Crippen LogP contribution in [0.3, 0.4) is 0 Å². The van der Waals surface area contributed by atoms with Crippen molar-refractivity contribution >= 4 is 34.8 Å². The molecule has 2 fully saturated rings. The number of hydrogen-bond donors (Lipinski definition) is 2. The molecule has 2 aliphatic rings. The minimum Gasteiger partial charge on any atom is -0.324 e. The minimum atomic E-state index is 0.0467. The number of likely N-dealkylation sites (tertiary alicyclic amines) is 1. The summed E-state index contributed by atoms with van der Waals surface area (Å²) in [6.45, 7) is 1.66. The third-order valence-corrected chi connectivity index (χ3v) is 5.65. The highest BCUT2D eigenvalue weighted by Gasteiger charge is 2.37. The number of carbonyl (C=O) groups excluding carboxylic acids is 1. The quantitative estimate of drug-likeness (QED) is 0.869. The van der Waals surface area contributed by atoms with E-state index < -0.39 is 0 Å². The Hall–Kier alpha value is -0.770. The summed E-state index contributed by atoms with van der Waals surface area (Å²) in [4.78, 5) is 13.8. The highest BCUT2D eigenvalue weighted by Crippen LogP contribution is 2.28. The topological polar surface area (TPSA) is 33.5 Å². The molecule has 3 nitrogen and oxygen atoms in total. The van der Waals surface area contributed by atoms with Crippen LogP contribution in [-0.4, -0.2) is 25.0 Å². The van der Waals surface area contributed by atoms with Gasteiger partial charge in [0.1, 0.15) is 0 Å². The average molecular weight is 342 g/mol. The molecule has 1 aliphatic heterocycles. The molecule has 2 N–H and O–H groups in total. The van der Waals surface area contributed by atoms with Crippen LogP contribution in [0.1, 0.15) is 38.5 Å². The third-order valence-electron chi connectivity index (χ3n) is 5.10. The van der Waals surface area contributed by atoms with E-state index in [4.69, 9.17) is 23.2 Å². The number of rotatable bonds is 3. The molecule has 22 heavy (non-hydrogen) atoms. The standard InChI is InChI=1S/C17H22Cl2N2O/c18-13-7-8-15(14(19)10-13)20-17(22)11-21-9-3-5-12-4-1-2-6-16(12)21/h7-8,10,12,16H,1-6,9,11H2,(H,20,22)/p+1/t12-,16+/m1/s1. The molecule has 5 heteroatoms. The Morgan fingerprint density at radius 2 is 1.95 bits per heavy atom. The Morgan fingerprint density at radius 1 is 1.18 bits per heavy atom. The number of nitrogens with one attached hydrogen (secondary N) is 2. The van der Waals surface area contributed by atoms with E-state index in [0.717, 1.165) is 12.5 Å². The first-order chi connectivity index (χ1) is 10.6. The van der Waals surface area contributed by atoms with Crippen LogP contribution in [0, 0.1) is 5.92 Å². The molecule has 1 unspecified atom stereocenters. The molecule has 3 rings (SSSR count). The smallest absolute Gasteiger partial charge is 0.279 e. The van der Waals surface area contributed by atoms with Gasteiger partial charge in [-0.3, -0.25) is 4.79 Å². The van der Waals surface area contributed by atoms with Crippen molar-refractivity contribution in [2.45, 2.75) is 44.6 Å². The van der Waals surface area contributed by atoms with Gasteiger partial charge < -0.3 is 10.2 Å². The molecule has 0 radical (unpaired) electrons. The predicted molar refractivity (Wildman–Crippen MR) is 90.8 cm³/mol. The molecule has 1 aliphatic carbocycles. The number of hydrogen-bond acceptors (Lipinski definition) is 1. The van der Waals surface area contributed by atoms with Crippen molar-refractivity contribution in [1.29, 1.82) is 0 Å². The first kappa shape index (κ1) is 16.1. The van der Waals surface area contributed by atoms with E-state index in [1.807, 2.05) is 0 Å². The van der Waals surface area contributed by atoms with Crippen LogP contribution in [0.4, 0.5) is 5.69 Å². The Labute approximate surface area is 142 Å². The lowest BCUT2D eigenvalue weighted by Gasteiger charge is -2.40. The minimum absolute atomic E-state index is 0.0467. The first-order valence-electron chi connectivity index (χ1n) is 8.23. The molecule has 1 aromatic carbocycles. The molecule has 1 saturated heterocycles. The molecular formula is C17H23Cl2N2O+. The van der Waals surface area contributed by atoms with E-state index in [-0.39, 0.29) is 5.91 Å². The second-order valence-electron chi connectivity index (χ2n) is 6.55. The van der Waals surface area contributed by atoms with E-state index in [9.17, 15) is 4.79 Å². The summed E-state index contributed by atoms with van der Waals surface area (Å²) in [6.07, 6.45) is 7.88. The van der Waals surface area contributed by atoms with Crippen LogP contribution in [0.25, 0.3) is 0 Å². The zero-order chi connectivity index (χ0) is 15.5. The van der Waals surface area contributed by atoms with Gasteiger partial charge in [0.15, 0.2) is 6.54 Å². The maximum Gasteiger partial charge on any atom is 0.279 e. The Kier molecular flexibility index (Phi) is 5.27. The lowest BCUT2D eigenvalue weighted by atomic mass is 9.78. The van der Waals surface area contributed by atoms with Crippen LogP contribution >= 0.6 is 23.2 Å². The van der Waals surface area contributed by atoms with Gasteiger partial charge in [0.05, 0.1) is 23.3 Å². The molecular weight excluding hydrogens is 319 g/mol. The van der Waals surface area contributed by atoms with E-state index in [0.29, 0.717) is 28.3 Å². The number of benzene rings is 1. The van der Waals surface area contributed by atoms with Crippen molar-refractivity contribution in [1.82, 2.24) is 0 Å². The van der Waals surface area contributed by atoms with Crippen LogP contribution < -0.4 is 10.2 Å². The van der Waals surface area contributed by atoms with Crippen molar-refractivity contribution in [3.63, 3.8) is 0 Å². The van der Waals surface area contributed by atoms with Gasteiger partial charge in [-0.1, -0.05) is 29.6 Å². The maximum atomic E-state index is 12.4. The first-order valence-corrected chi connectivity index (χ1v) is 8.98. The maximum absolute atomic E-state index is 12.4. The monoisotopic (exact) mass is 341 g/mol. The fourth-order valence-corrected chi connectivity index (χ4v) is 4.53. The number of fused-ring (bicyclic) bond motifs is 1. The van der Waals surface area contributed by atoms with Crippen molar-refractivity contribution in [2.24, 2.45) is 5.92 Å². The normalized spacial score (nSPS) is 28.0. The van der Waals surface area contributed by atoms with Crippen molar-refractivity contribution in [3.8, 4) is 0 Å². The summed E-state index contributed by atoms with van der Waals surface area (Å²) in [7, 11) is 0. The molecule has 1 heterocycles. The van der Waals surface area contributed by atoms with Crippen LogP contribution in [0.15, 0.2) is 18.2 Å². The summed E-state index contributed by atoms with van der Waals surface area (Å²) >= 11 is 12.0. The molecule has 1 aromatic rings. The number of amides is 1. The van der Waals surface area contributed by atoms with Gasteiger partial charge in [-0.25, -0.2) is 0 Å². The van der Waals surface area contributed by atoms with Crippen molar-refractivity contribution in [2.75, 3.05) is 18.4 Å². The zero-order valence-electron chi connectivity index (χ0n) is 12.7. The fraction of sp³-hybridized carbons (Fsp3) is 0.588. The van der Waals surface area contributed by atoms with E-state index in [2.05, 4.69) is 5.32 Å². The van der Waals surface area contributed by atoms with Crippen LogP contribution in [-0.2, 0) is 4.79 Å². The Bertz CT molecular complexity index is 547. The van der Waals surface area contributed by atoms with Gasteiger partial charge in [-0.05, 0) is 50.3 Å². The number of anilines is 1. The molecule has 120 valence electrons. The molecule has 0 bridgehead atoms. The van der Waals surface area contributed by atoms with E-state index >= 15 is 0 Å². The highest BCUT2D eigenvalue weighted by molar-refractivity contribution is 6.36. The largest absolute Gasteiger partial charge is 0.324 e. The van der Waals surface area contributed by atoms with Gasteiger partial charge in [0.25, 0.3) is 5.91 Å². The van der Waals surface area contributed by atoms with E-state index in [1.165, 1.54) is 43.4 Å². The summed E-state index contributed by atoms with van der Waals surface area (Å²) in [5.74, 6) is 0.870. The van der Waals surface area contributed by atoms with Crippen molar-refractivity contribution < 1.29 is 9.69 Å². The number of quaternary nitrogens is 1. The van der Waals surface area contributed by atoms with Crippen molar-refractivity contribution in [3.05, 3.63) is 28.2 Å². The molecule has 1 saturated carbocycles. The highest BCUT2D eigenvalue weighted by atomic mass is 35.5. The summed E-state index contributed by atoms with van der Waals surface area (Å²) in [6, 6.07) is 5.84. The molecule has 3 atom stereocenters. The Balaban J connectivity index is 1.61. The molecule has 0 aromatic heterocycles. The second kappa shape index (κ2) is 7.20. The number of halogens is 2. The predicted octanol–water partition coefficient (Wildman–Crippen LogP) is 3.17. The number of piperidine rings is 1. The van der Waals surface area contributed by atoms with Crippen LogP contribution in [0.2, 0.25) is 10.0 Å². The van der Waals surface area contributed by atoms with Gasteiger partial charge >= 0.3 is 0 Å². The molecule has 0 spiro atoms. The third kappa shape index (κ3) is 3.76. The second-order valence-corrected chi connectivity index (χ2v) is 7.39. The lowest BCUT2D eigenvalue weighted by molar-refractivity contribution is -0.928. The zero-order valence-corrected chi connectivity index (χ0v) is 14.2. The van der Waals surface area contributed by atoms with Gasteiger partial charge in [0, 0.05) is 10.9 Å². The average Bonchev–Trinajstić information content (AvgIpc) is 2.50. The van der Waals surface area contributed by atoms with E-state index in [1.54, 1.807) is 18.2 Å². The summed E-state index contributed by atoms with van der Waals surface area (Å²) in [5.41, 5.74) is 0.646. The van der Waals surface area contributed by atoms with Gasteiger partial charge in [-0.15, -0.1) is 0 Å². The van der Waals surface area contributed by atoms with Gasteiger partial charge in [-0.2, -0.15) is 0 Å². The number of carbonyl (C=O) groups is 1. The fourth-order valence-electron chi connectivity index (χ4n) is 4.08. The van der Waals surface area contributed by atoms with Gasteiger partial charge in [0.2, 0.25) is 0 Å².